The molecule has 0 N–H and O–H groups in total. The highest BCUT2D eigenvalue weighted by Gasteiger charge is 2.42. The van der Waals surface area contributed by atoms with Crippen LogP contribution in [0.25, 0.3) is 66.1 Å². The Balaban J connectivity index is 1.12. The molecule has 1 aliphatic carbocycles. The predicted molar refractivity (Wildman–Crippen MR) is 219 cm³/mol. The Hall–Kier alpha value is -6.84. The van der Waals surface area contributed by atoms with Crippen LogP contribution in [-0.4, -0.2) is 0 Å². The third-order valence-corrected chi connectivity index (χ3v) is 11.4. The van der Waals surface area contributed by atoms with Gasteiger partial charge in [0, 0.05) is 43.9 Å². The summed E-state index contributed by atoms with van der Waals surface area (Å²) in [6.07, 6.45) is 0. The Morgan fingerprint density at radius 2 is 0.943 bits per heavy atom. The first kappa shape index (κ1) is 29.8. The molecule has 0 spiro atoms. The number of benzene rings is 8. The number of hydrogen-bond acceptors (Lipinski definition) is 3. The average molecular weight is 680 g/mol. The Bertz CT molecular complexity index is 2980. The van der Waals surface area contributed by atoms with Gasteiger partial charge in [0.2, 0.25) is 0 Å². The molecule has 0 saturated heterocycles. The summed E-state index contributed by atoms with van der Waals surface area (Å²) in [4.78, 5) is 2.31. The zero-order valence-corrected chi connectivity index (χ0v) is 29.1. The maximum atomic E-state index is 6.88. The fourth-order valence-corrected chi connectivity index (χ4v) is 8.83. The molecule has 0 unspecified atom stereocenters. The summed E-state index contributed by atoms with van der Waals surface area (Å²) < 4.78 is 13.5. The van der Waals surface area contributed by atoms with Gasteiger partial charge >= 0.3 is 0 Å². The minimum absolute atomic E-state index is 0.368. The molecule has 11 rings (SSSR count). The molecule has 2 aromatic heterocycles. The van der Waals surface area contributed by atoms with E-state index in [0.29, 0.717) is 0 Å². The van der Waals surface area contributed by atoms with Crippen LogP contribution >= 0.6 is 0 Å². The van der Waals surface area contributed by atoms with Crippen LogP contribution in [0, 0.1) is 0 Å². The molecule has 2 heterocycles. The van der Waals surface area contributed by atoms with Crippen LogP contribution in [0.2, 0.25) is 0 Å². The van der Waals surface area contributed by atoms with Gasteiger partial charge in [-0.1, -0.05) is 140 Å². The first-order valence-electron chi connectivity index (χ1n) is 18.2. The Morgan fingerprint density at radius 3 is 1.72 bits per heavy atom. The van der Waals surface area contributed by atoms with Crippen LogP contribution in [0.4, 0.5) is 17.1 Å². The van der Waals surface area contributed by atoms with Crippen molar-refractivity contribution in [2.45, 2.75) is 12.3 Å². The lowest BCUT2D eigenvalue weighted by atomic mass is 9.74. The topological polar surface area (TPSA) is 29.5 Å². The summed E-state index contributed by atoms with van der Waals surface area (Å²) in [6, 6.07) is 64.8. The molecule has 3 heteroatoms. The summed E-state index contributed by atoms with van der Waals surface area (Å²) in [5.41, 5.74) is 14.9. The monoisotopic (exact) mass is 679 g/mol. The zero-order chi connectivity index (χ0) is 35.1. The van der Waals surface area contributed by atoms with Crippen molar-refractivity contribution < 1.29 is 8.83 Å². The summed E-state index contributed by atoms with van der Waals surface area (Å²) in [5, 5.41) is 4.37. The Morgan fingerprint density at radius 1 is 0.396 bits per heavy atom. The zero-order valence-electron chi connectivity index (χ0n) is 29.1. The fourth-order valence-electron chi connectivity index (χ4n) is 8.83. The largest absolute Gasteiger partial charge is 0.456 e. The van der Waals surface area contributed by atoms with Gasteiger partial charge in [0.05, 0.1) is 5.69 Å². The van der Waals surface area contributed by atoms with E-state index in [1.54, 1.807) is 0 Å². The lowest BCUT2D eigenvalue weighted by Crippen LogP contribution is -2.22. The summed E-state index contributed by atoms with van der Waals surface area (Å²) in [7, 11) is 0. The van der Waals surface area contributed by atoms with E-state index in [9.17, 15) is 0 Å². The fraction of sp³-hybridized carbons (Fsp3) is 0.0400. The highest BCUT2D eigenvalue weighted by Crippen LogP contribution is 2.54. The smallest absolute Gasteiger partial charge is 0.159 e. The Kier molecular flexibility index (Phi) is 6.38. The van der Waals surface area contributed by atoms with Crippen LogP contribution < -0.4 is 4.90 Å². The molecule has 0 fully saturated rings. The van der Waals surface area contributed by atoms with Crippen LogP contribution in [-0.2, 0) is 5.41 Å². The molecule has 1 aliphatic rings. The van der Waals surface area contributed by atoms with E-state index in [-0.39, 0.29) is 5.41 Å². The van der Waals surface area contributed by atoms with Gasteiger partial charge in [-0.3, -0.25) is 0 Å². The summed E-state index contributed by atoms with van der Waals surface area (Å²) in [6.45, 7) is 2.35. The third kappa shape index (κ3) is 4.34. The van der Waals surface area contributed by atoms with E-state index >= 15 is 0 Å². The minimum Gasteiger partial charge on any atom is -0.456 e. The van der Waals surface area contributed by atoms with Gasteiger partial charge in [-0.2, -0.15) is 0 Å². The van der Waals surface area contributed by atoms with Crippen molar-refractivity contribution in [1.82, 2.24) is 0 Å². The van der Waals surface area contributed by atoms with Crippen molar-refractivity contribution in [3.05, 3.63) is 199 Å². The minimum atomic E-state index is -0.368. The van der Waals surface area contributed by atoms with Gasteiger partial charge < -0.3 is 13.7 Å². The molecule has 0 aliphatic heterocycles. The second-order valence-corrected chi connectivity index (χ2v) is 14.2. The van der Waals surface area contributed by atoms with E-state index in [0.717, 1.165) is 60.9 Å². The SMILES string of the molecule is CC1(c2cccc3c2oc2ccc(N(c4ccc(-c5ccccc5)cc4)c4cccc5c4oc4ccccc45)cc23)c2ccccc2-c2ccccc21. The molecule has 0 bridgehead atoms. The first-order valence-corrected chi connectivity index (χ1v) is 18.2. The van der Waals surface area contributed by atoms with E-state index in [1.807, 2.05) is 12.1 Å². The van der Waals surface area contributed by atoms with Crippen molar-refractivity contribution in [2.24, 2.45) is 0 Å². The maximum Gasteiger partial charge on any atom is 0.159 e. The molecular weight excluding hydrogens is 647 g/mol. The molecule has 250 valence electrons. The van der Waals surface area contributed by atoms with Crippen molar-refractivity contribution in [3.8, 4) is 22.3 Å². The van der Waals surface area contributed by atoms with Gasteiger partial charge in [0.1, 0.15) is 16.7 Å². The van der Waals surface area contributed by atoms with Crippen molar-refractivity contribution in [2.75, 3.05) is 4.90 Å². The molecule has 3 nitrogen and oxygen atoms in total. The van der Waals surface area contributed by atoms with Gasteiger partial charge in [-0.05, 0) is 82.8 Å². The van der Waals surface area contributed by atoms with Crippen LogP contribution in [0.3, 0.4) is 0 Å². The predicted octanol–water partition coefficient (Wildman–Crippen LogP) is 14.0. The van der Waals surface area contributed by atoms with E-state index < -0.39 is 0 Å². The molecular formula is C50H33NO2. The third-order valence-electron chi connectivity index (χ3n) is 11.4. The molecule has 0 amide bonds. The number of anilines is 3. The second-order valence-electron chi connectivity index (χ2n) is 14.2. The highest BCUT2D eigenvalue weighted by atomic mass is 16.3. The molecule has 0 saturated carbocycles. The molecule has 10 aromatic rings. The van der Waals surface area contributed by atoms with E-state index in [2.05, 4.69) is 182 Å². The van der Waals surface area contributed by atoms with Gasteiger partial charge in [0.25, 0.3) is 0 Å². The van der Waals surface area contributed by atoms with Crippen LogP contribution in [0.1, 0.15) is 23.6 Å². The molecule has 8 aromatic carbocycles. The van der Waals surface area contributed by atoms with E-state index in [1.165, 1.54) is 38.9 Å². The van der Waals surface area contributed by atoms with Gasteiger partial charge in [-0.25, -0.2) is 0 Å². The Labute approximate surface area is 307 Å². The van der Waals surface area contributed by atoms with Crippen molar-refractivity contribution >= 4 is 60.9 Å². The number of furan rings is 2. The number of para-hydroxylation sites is 3. The number of rotatable bonds is 5. The summed E-state index contributed by atoms with van der Waals surface area (Å²) >= 11 is 0. The second kappa shape index (κ2) is 11.3. The van der Waals surface area contributed by atoms with E-state index in [4.69, 9.17) is 8.83 Å². The molecule has 0 radical (unpaired) electrons. The molecule has 0 atom stereocenters. The normalized spacial score (nSPS) is 13.2. The lowest BCUT2D eigenvalue weighted by molar-refractivity contribution is 0.638. The van der Waals surface area contributed by atoms with Crippen molar-refractivity contribution in [3.63, 3.8) is 0 Å². The van der Waals surface area contributed by atoms with Crippen molar-refractivity contribution in [1.29, 1.82) is 0 Å². The van der Waals surface area contributed by atoms with Crippen LogP contribution in [0.15, 0.2) is 191 Å². The molecule has 53 heavy (non-hydrogen) atoms. The van der Waals surface area contributed by atoms with Gasteiger partial charge in [-0.15, -0.1) is 0 Å². The highest BCUT2D eigenvalue weighted by molar-refractivity contribution is 6.12. The first-order chi connectivity index (χ1) is 26.2. The maximum absolute atomic E-state index is 6.88. The summed E-state index contributed by atoms with van der Waals surface area (Å²) in [5.74, 6) is 0. The van der Waals surface area contributed by atoms with Gasteiger partial charge in [0.15, 0.2) is 5.58 Å². The standard InChI is InChI=1S/C50H33NO2/c1-50(42-20-8-5-15-36(42)37-16-6-9-21-43(37)50)44-22-11-18-40-41-31-35(29-30-47(41)52-48(40)44)51(34-27-25-33(26-28-34)32-13-3-2-4-14-32)45-23-12-19-39-38-17-7-10-24-46(38)53-49(39)45/h2-31H,1H3. The number of nitrogens with zero attached hydrogens (tertiary/aromatic N) is 1. The van der Waals surface area contributed by atoms with Crippen LogP contribution in [0.5, 0.6) is 0 Å². The number of fused-ring (bicyclic) bond motifs is 9. The quantitative estimate of drug-likeness (QED) is 0.181. The number of hydrogen-bond donors (Lipinski definition) is 0. The average Bonchev–Trinajstić information content (AvgIpc) is 3.88. The lowest BCUT2D eigenvalue weighted by Gasteiger charge is -2.28.